The minimum Gasteiger partial charge on any atom is -0.397 e. The molecule has 0 amide bonds. The van der Waals surface area contributed by atoms with E-state index in [4.69, 9.17) is 5.73 Å². The molecule has 1 heterocycles. The number of hydrogen-bond donors (Lipinski definition) is 1. The van der Waals surface area contributed by atoms with Crippen molar-refractivity contribution in [2.24, 2.45) is 7.05 Å². The van der Waals surface area contributed by atoms with Crippen molar-refractivity contribution in [1.82, 2.24) is 9.55 Å². The van der Waals surface area contributed by atoms with Crippen LogP contribution in [-0.2, 0) is 13.6 Å². The average molecular weight is 295 g/mol. The predicted octanol–water partition coefficient (Wildman–Crippen LogP) is 2.40. The van der Waals surface area contributed by atoms with Crippen LogP contribution in [0.15, 0.2) is 35.1 Å². The van der Waals surface area contributed by atoms with Crippen LogP contribution in [0.4, 0.5) is 11.4 Å². The number of halogens is 1. The van der Waals surface area contributed by atoms with Crippen molar-refractivity contribution in [3.63, 3.8) is 0 Å². The average Bonchev–Trinajstić information content (AvgIpc) is 2.64. The number of nitrogen functional groups attached to an aromatic ring is 1. The van der Waals surface area contributed by atoms with Crippen LogP contribution >= 0.6 is 15.9 Å². The first kappa shape index (κ1) is 12.0. The Labute approximate surface area is 109 Å². The zero-order valence-corrected chi connectivity index (χ0v) is 11.5. The number of nitrogens with zero attached hydrogens (tertiary/aromatic N) is 3. The van der Waals surface area contributed by atoms with Gasteiger partial charge in [0.15, 0.2) is 0 Å². The van der Waals surface area contributed by atoms with Crippen LogP contribution in [0, 0.1) is 0 Å². The molecule has 2 aromatic rings. The van der Waals surface area contributed by atoms with Crippen LogP contribution in [0.2, 0.25) is 0 Å². The fraction of sp³-hybridized carbons (Fsp3) is 0.250. The molecule has 1 aromatic heterocycles. The van der Waals surface area contributed by atoms with Gasteiger partial charge in [0.25, 0.3) is 0 Å². The van der Waals surface area contributed by atoms with E-state index in [2.05, 4.69) is 25.8 Å². The molecule has 1 aromatic carbocycles. The van der Waals surface area contributed by atoms with E-state index < -0.39 is 0 Å². The highest BCUT2D eigenvalue weighted by Crippen LogP contribution is 2.26. The van der Waals surface area contributed by atoms with Gasteiger partial charge in [-0.05, 0) is 18.2 Å². The molecule has 0 atom stereocenters. The Bertz CT molecular complexity index is 521. The first-order valence-corrected chi connectivity index (χ1v) is 6.09. The summed E-state index contributed by atoms with van der Waals surface area (Å²) in [4.78, 5) is 6.39. The van der Waals surface area contributed by atoms with Gasteiger partial charge in [-0.3, -0.25) is 0 Å². The van der Waals surface area contributed by atoms with E-state index >= 15 is 0 Å². The molecule has 0 aliphatic carbocycles. The maximum atomic E-state index is 5.99. The van der Waals surface area contributed by atoms with Gasteiger partial charge in [-0.1, -0.05) is 15.9 Å². The monoisotopic (exact) mass is 294 g/mol. The fourth-order valence-corrected chi connectivity index (χ4v) is 2.10. The van der Waals surface area contributed by atoms with Crippen LogP contribution in [0.3, 0.4) is 0 Å². The minimum absolute atomic E-state index is 0.731. The van der Waals surface area contributed by atoms with Crippen molar-refractivity contribution in [3.8, 4) is 0 Å². The molecule has 0 fully saturated rings. The van der Waals surface area contributed by atoms with Gasteiger partial charge in [0, 0.05) is 31.0 Å². The molecule has 2 N–H and O–H groups in total. The normalized spacial score (nSPS) is 10.5. The van der Waals surface area contributed by atoms with E-state index in [1.54, 1.807) is 6.20 Å². The molecule has 0 aliphatic heterocycles. The van der Waals surface area contributed by atoms with Gasteiger partial charge in [-0.15, -0.1) is 0 Å². The summed E-state index contributed by atoms with van der Waals surface area (Å²) >= 11 is 3.40. The highest BCUT2D eigenvalue weighted by Gasteiger charge is 2.08. The molecule has 2 rings (SSSR count). The van der Waals surface area contributed by atoms with E-state index in [9.17, 15) is 0 Å². The van der Waals surface area contributed by atoms with Gasteiger partial charge in [0.2, 0.25) is 0 Å². The van der Waals surface area contributed by atoms with Crippen LogP contribution in [0.5, 0.6) is 0 Å². The van der Waals surface area contributed by atoms with Gasteiger partial charge >= 0.3 is 0 Å². The number of aryl methyl sites for hydroxylation is 1. The molecule has 4 nitrogen and oxygen atoms in total. The minimum atomic E-state index is 0.731. The summed E-state index contributed by atoms with van der Waals surface area (Å²) in [5.41, 5.74) is 7.76. The molecule has 0 radical (unpaired) electrons. The fourth-order valence-electron chi connectivity index (χ4n) is 1.72. The number of aromatic nitrogens is 2. The van der Waals surface area contributed by atoms with Gasteiger partial charge in [-0.25, -0.2) is 4.98 Å². The van der Waals surface area contributed by atoms with Crippen molar-refractivity contribution in [1.29, 1.82) is 0 Å². The summed E-state index contributed by atoms with van der Waals surface area (Å²) in [7, 11) is 4.00. The standard InChI is InChI=1S/C12H15BrN4/c1-16-6-5-15-12(16)8-17(2)11-4-3-9(13)7-10(11)14/h3-7H,8,14H2,1-2H3. The van der Waals surface area contributed by atoms with Gasteiger partial charge in [-0.2, -0.15) is 0 Å². The molecule has 0 aliphatic rings. The number of imidazole rings is 1. The lowest BCUT2D eigenvalue weighted by atomic mass is 10.2. The van der Waals surface area contributed by atoms with Crippen molar-refractivity contribution >= 4 is 27.3 Å². The quantitative estimate of drug-likeness (QED) is 0.885. The third-order valence-corrected chi connectivity index (χ3v) is 3.19. The van der Waals surface area contributed by atoms with Gasteiger partial charge in [0.05, 0.1) is 17.9 Å². The zero-order valence-electron chi connectivity index (χ0n) is 9.89. The second-order valence-corrected chi connectivity index (χ2v) is 4.93. The third kappa shape index (κ3) is 2.61. The topological polar surface area (TPSA) is 47.1 Å². The van der Waals surface area contributed by atoms with Crippen LogP contribution in [-0.4, -0.2) is 16.6 Å². The Balaban J connectivity index is 2.20. The Morgan fingerprint density at radius 1 is 1.47 bits per heavy atom. The zero-order chi connectivity index (χ0) is 12.4. The molecule has 90 valence electrons. The molecule has 0 saturated heterocycles. The number of rotatable bonds is 3. The molecule has 0 saturated carbocycles. The SMILES string of the molecule is CN(Cc1nccn1C)c1ccc(Br)cc1N. The summed E-state index contributed by atoms with van der Waals surface area (Å²) in [6.07, 6.45) is 3.74. The summed E-state index contributed by atoms with van der Waals surface area (Å²) in [5, 5.41) is 0. The molecule has 17 heavy (non-hydrogen) atoms. The lowest BCUT2D eigenvalue weighted by molar-refractivity contribution is 0.762. The Morgan fingerprint density at radius 3 is 2.82 bits per heavy atom. The summed E-state index contributed by atoms with van der Waals surface area (Å²) < 4.78 is 3.00. The largest absolute Gasteiger partial charge is 0.397 e. The second-order valence-electron chi connectivity index (χ2n) is 4.01. The van der Waals surface area contributed by atoms with Gasteiger partial charge in [0.1, 0.15) is 5.82 Å². The Morgan fingerprint density at radius 2 is 2.24 bits per heavy atom. The molecule has 0 spiro atoms. The Hall–Kier alpha value is -1.49. The first-order valence-electron chi connectivity index (χ1n) is 5.30. The van der Waals surface area contributed by atoms with Crippen molar-refractivity contribution in [2.75, 3.05) is 17.7 Å². The highest BCUT2D eigenvalue weighted by molar-refractivity contribution is 9.10. The van der Waals surface area contributed by atoms with Crippen LogP contribution in [0.1, 0.15) is 5.82 Å². The number of benzene rings is 1. The lowest BCUT2D eigenvalue weighted by Gasteiger charge is -2.20. The molecular formula is C12H15BrN4. The molecule has 0 bridgehead atoms. The Kier molecular flexibility index (Phi) is 3.38. The molecule has 0 unspecified atom stereocenters. The van der Waals surface area contributed by atoms with E-state index in [1.165, 1.54) is 0 Å². The third-order valence-electron chi connectivity index (χ3n) is 2.70. The van der Waals surface area contributed by atoms with Crippen LogP contribution < -0.4 is 10.6 Å². The van der Waals surface area contributed by atoms with Gasteiger partial charge < -0.3 is 15.2 Å². The van der Waals surface area contributed by atoms with Crippen LogP contribution in [0.25, 0.3) is 0 Å². The van der Waals surface area contributed by atoms with E-state index in [1.807, 2.05) is 43.1 Å². The summed E-state index contributed by atoms with van der Waals surface area (Å²) in [5.74, 6) is 1.01. The highest BCUT2D eigenvalue weighted by atomic mass is 79.9. The maximum absolute atomic E-state index is 5.99. The predicted molar refractivity (Wildman–Crippen MR) is 73.9 cm³/mol. The number of nitrogens with two attached hydrogens (primary N) is 1. The lowest BCUT2D eigenvalue weighted by Crippen LogP contribution is -2.20. The number of hydrogen-bond acceptors (Lipinski definition) is 3. The molecule has 5 heteroatoms. The summed E-state index contributed by atoms with van der Waals surface area (Å²) in [6, 6.07) is 5.90. The summed E-state index contributed by atoms with van der Waals surface area (Å²) in [6.45, 7) is 0.731. The number of anilines is 2. The smallest absolute Gasteiger partial charge is 0.127 e. The van der Waals surface area contributed by atoms with Crippen molar-refractivity contribution in [3.05, 3.63) is 40.9 Å². The van der Waals surface area contributed by atoms with E-state index in [0.717, 1.165) is 28.2 Å². The van der Waals surface area contributed by atoms with E-state index in [0.29, 0.717) is 0 Å². The first-order chi connectivity index (χ1) is 8.08. The van der Waals surface area contributed by atoms with Crippen molar-refractivity contribution in [2.45, 2.75) is 6.54 Å². The second kappa shape index (κ2) is 4.79. The van der Waals surface area contributed by atoms with Crippen molar-refractivity contribution < 1.29 is 0 Å². The van der Waals surface area contributed by atoms with E-state index in [-0.39, 0.29) is 0 Å². The molecular weight excluding hydrogens is 280 g/mol. The maximum Gasteiger partial charge on any atom is 0.127 e.